The highest BCUT2D eigenvalue weighted by Gasteiger charge is 2.19. The highest BCUT2D eigenvalue weighted by atomic mass is 16.3. The zero-order valence-corrected chi connectivity index (χ0v) is 7.83. The van der Waals surface area contributed by atoms with Crippen LogP contribution in [-0.2, 0) is 4.79 Å². The maximum absolute atomic E-state index is 10.8. The highest BCUT2D eigenvalue weighted by Crippen LogP contribution is 2.23. The van der Waals surface area contributed by atoms with Crippen molar-refractivity contribution in [2.24, 2.45) is 11.7 Å². The van der Waals surface area contributed by atoms with E-state index in [-0.39, 0.29) is 18.6 Å². The van der Waals surface area contributed by atoms with Crippen molar-refractivity contribution in [2.75, 3.05) is 13.1 Å². The smallest absolute Gasteiger partial charge is 0.233 e. The second-order valence-corrected chi connectivity index (χ2v) is 3.68. The van der Waals surface area contributed by atoms with Gasteiger partial charge in [0.2, 0.25) is 5.91 Å². The fourth-order valence-electron chi connectivity index (χ4n) is 1.68. The van der Waals surface area contributed by atoms with E-state index in [1.54, 1.807) is 0 Å². The minimum atomic E-state index is -0.124. The van der Waals surface area contributed by atoms with Crippen LogP contribution in [0.3, 0.4) is 0 Å². The van der Waals surface area contributed by atoms with Crippen molar-refractivity contribution in [1.82, 2.24) is 5.32 Å². The molecule has 4 heteroatoms. The molecule has 1 saturated carbocycles. The van der Waals surface area contributed by atoms with E-state index in [4.69, 9.17) is 5.73 Å². The predicted molar refractivity (Wildman–Crippen MR) is 50.0 cm³/mol. The number of hydrogen-bond acceptors (Lipinski definition) is 3. The number of nitrogens with one attached hydrogen (secondary N) is 1. The molecule has 1 rings (SSSR count). The van der Waals surface area contributed by atoms with Crippen LogP contribution < -0.4 is 11.1 Å². The summed E-state index contributed by atoms with van der Waals surface area (Å²) in [5.74, 6) is 0.435. The maximum atomic E-state index is 10.8. The zero-order valence-electron chi connectivity index (χ0n) is 7.83. The molecule has 0 aromatic rings. The third kappa shape index (κ3) is 3.74. The number of aliphatic hydroxyl groups is 1. The Balaban J connectivity index is 2.12. The number of carbonyl (C=O) groups is 1. The second-order valence-electron chi connectivity index (χ2n) is 3.68. The lowest BCUT2D eigenvalue weighted by Gasteiger charge is -2.25. The molecule has 0 aromatic heterocycles. The Morgan fingerprint density at radius 3 is 2.54 bits per heavy atom. The van der Waals surface area contributed by atoms with Crippen LogP contribution in [0.1, 0.15) is 25.7 Å². The molecular weight excluding hydrogens is 168 g/mol. The predicted octanol–water partition coefficient (Wildman–Crippen LogP) is -0.388. The van der Waals surface area contributed by atoms with E-state index in [0.29, 0.717) is 12.5 Å². The Labute approximate surface area is 78.5 Å². The number of carbonyl (C=O) groups excluding carboxylic acids is 1. The average Bonchev–Trinajstić information content (AvgIpc) is 2.16. The van der Waals surface area contributed by atoms with Crippen LogP contribution in [0.15, 0.2) is 0 Å². The zero-order chi connectivity index (χ0) is 9.68. The minimum Gasteiger partial charge on any atom is -0.393 e. The summed E-state index contributed by atoms with van der Waals surface area (Å²) in [6.07, 6.45) is 3.62. The largest absolute Gasteiger partial charge is 0.393 e. The Hall–Kier alpha value is -0.610. The molecule has 4 N–H and O–H groups in total. The van der Waals surface area contributed by atoms with Crippen LogP contribution >= 0.6 is 0 Å². The van der Waals surface area contributed by atoms with Gasteiger partial charge in [0.15, 0.2) is 0 Å². The third-order valence-corrected chi connectivity index (χ3v) is 2.59. The molecule has 4 nitrogen and oxygen atoms in total. The van der Waals surface area contributed by atoms with Crippen molar-refractivity contribution in [3.63, 3.8) is 0 Å². The Morgan fingerprint density at radius 2 is 2.00 bits per heavy atom. The molecule has 0 atom stereocenters. The second kappa shape index (κ2) is 5.19. The summed E-state index contributed by atoms with van der Waals surface area (Å²) >= 11 is 0. The van der Waals surface area contributed by atoms with Gasteiger partial charge in [-0.2, -0.15) is 0 Å². The fourth-order valence-corrected chi connectivity index (χ4v) is 1.68. The van der Waals surface area contributed by atoms with E-state index in [2.05, 4.69) is 5.32 Å². The Kier molecular flexibility index (Phi) is 4.18. The molecule has 0 spiro atoms. The van der Waals surface area contributed by atoms with Gasteiger partial charge in [-0.3, -0.25) is 4.79 Å². The molecule has 1 fully saturated rings. The average molecular weight is 186 g/mol. The maximum Gasteiger partial charge on any atom is 0.233 e. The normalized spacial score (nSPS) is 28.5. The summed E-state index contributed by atoms with van der Waals surface area (Å²) in [5.41, 5.74) is 5.16. The molecule has 76 valence electrons. The summed E-state index contributed by atoms with van der Waals surface area (Å²) in [5, 5.41) is 12.0. The SMILES string of the molecule is NCC(=O)NC[C@H]1CC[C@H](O)CC1. The van der Waals surface area contributed by atoms with Gasteiger partial charge in [-0.05, 0) is 31.6 Å². The molecule has 0 unspecified atom stereocenters. The van der Waals surface area contributed by atoms with Crippen LogP contribution in [-0.4, -0.2) is 30.2 Å². The molecule has 13 heavy (non-hydrogen) atoms. The van der Waals surface area contributed by atoms with E-state index in [0.717, 1.165) is 25.7 Å². The first-order chi connectivity index (χ1) is 6.22. The van der Waals surface area contributed by atoms with E-state index in [1.807, 2.05) is 0 Å². The minimum absolute atomic E-state index is 0.0648. The van der Waals surface area contributed by atoms with Crippen LogP contribution in [0, 0.1) is 5.92 Å². The van der Waals surface area contributed by atoms with Crippen molar-refractivity contribution in [3.05, 3.63) is 0 Å². The summed E-state index contributed by atoms with van der Waals surface area (Å²) in [4.78, 5) is 10.8. The first-order valence-corrected chi connectivity index (χ1v) is 4.87. The van der Waals surface area contributed by atoms with Gasteiger partial charge in [0.05, 0.1) is 12.6 Å². The summed E-state index contributed by atoms with van der Waals surface area (Å²) < 4.78 is 0. The molecular formula is C9H18N2O2. The van der Waals surface area contributed by atoms with E-state index in [1.165, 1.54) is 0 Å². The van der Waals surface area contributed by atoms with Crippen molar-refractivity contribution < 1.29 is 9.90 Å². The molecule has 0 aromatic carbocycles. The third-order valence-electron chi connectivity index (χ3n) is 2.59. The molecule has 1 amide bonds. The molecule has 0 heterocycles. The lowest BCUT2D eigenvalue weighted by Crippen LogP contribution is -2.35. The quantitative estimate of drug-likeness (QED) is 0.562. The summed E-state index contributed by atoms with van der Waals surface area (Å²) in [6.45, 7) is 0.776. The summed E-state index contributed by atoms with van der Waals surface area (Å²) in [6, 6.07) is 0. The topological polar surface area (TPSA) is 75.4 Å². The van der Waals surface area contributed by atoms with Crippen LogP contribution in [0.2, 0.25) is 0 Å². The van der Waals surface area contributed by atoms with E-state index in [9.17, 15) is 9.90 Å². The van der Waals surface area contributed by atoms with Gasteiger partial charge in [-0.15, -0.1) is 0 Å². The van der Waals surface area contributed by atoms with Crippen molar-refractivity contribution >= 4 is 5.91 Å². The number of nitrogens with two attached hydrogens (primary N) is 1. The molecule has 1 aliphatic carbocycles. The van der Waals surface area contributed by atoms with Crippen molar-refractivity contribution in [2.45, 2.75) is 31.8 Å². The van der Waals surface area contributed by atoms with E-state index >= 15 is 0 Å². The monoisotopic (exact) mass is 186 g/mol. The van der Waals surface area contributed by atoms with Crippen LogP contribution in [0.25, 0.3) is 0 Å². The number of aliphatic hydroxyl groups excluding tert-OH is 1. The fraction of sp³-hybridized carbons (Fsp3) is 0.889. The highest BCUT2D eigenvalue weighted by molar-refractivity contribution is 5.77. The Morgan fingerprint density at radius 1 is 1.38 bits per heavy atom. The van der Waals surface area contributed by atoms with Gasteiger partial charge in [-0.1, -0.05) is 0 Å². The van der Waals surface area contributed by atoms with Gasteiger partial charge in [-0.25, -0.2) is 0 Å². The van der Waals surface area contributed by atoms with Gasteiger partial charge in [0.25, 0.3) is 0 Å². The lowest BCUT2D eigenvalue weighted by atomic mass is 9.87. The Bertz CT molecular complexity index is 165. The first-order valence-electron chi connectivity index (χ1n) is 4.87. The first kappa shape index (κ1) is 10.5. The molecule has 0 saturated heterocycles. The van der Waals surface area contributed by atoms with Crippen LogP contribution in [0.5, 0.6) is 0 Å². The standard InChI is InChI=1S/C9H18N2O2/c10-5-9(13)11-6-7-1-3-8(12)4-2-7/h7-8,12H,1-6,10H2,(H,11,13)/t7-,8-. The molecule has 0 bridgehead atoms. The van der Waals surface area contributed by atoms with Crippen molar-refractivity contribution in [1.29, 1.82) is 0 Å². The molecule has 0 aliphatic heterocycles. The number of rotatable bonds is 3. The van der Waals surface area contributed by atoms with Gasteiger partial charge in [0, 0.05) is 6.54 Å². The number of hydrogen-bond donors (Lipinski definition) is 3. The van der Waals surface area contributed by atoms with Gasteiger partial charge < -0.3 is 16.2 Å². The summed E-state index contributed by atoms with van der Waals surface area (Å²) in [7, 11) is 0. The van der Waals surface area contributed by atoms with E-state index < -0.39 is 0 Å². The van der Waals surface area contributed by atoms with Gasteiger partial charge in [0.1, 0.15) is 0 Å². The van der Waals surface area contributed by atoms with Crippen LogP contribution in [0.4, 0.5) is 0 Å². The molecule has 1 aliphatic rings. The van der Waals surface area contributed by atoms with Gasteiger partial charge >= 0.3 is 0 Å². The molecule has 0 radical (unpaired) electrons. The van der Waals surface area contributed by atoms with Crippen molar-refractivity contribution in [3.8, 4) is 0 Å². The number of amides is 1. The lowest BCUT2D eigenvalue weighted by molar-refractivity contribution is -0.119.